The Kier molecular flexibility index (Phi) is 5.04. The molecular formula is C10H18F3N3O. The van der Waals surface area contributed by atoms with Crippen LogP contribution in [0.1, 0.15) is 12.8 Å². The predicted molar refractivity (Wildman–Crippen MR) is 57.8 cm³/mol. The third kappa shape index (κ3) is 5.76. The number of alkyl halides is 3. The van der Waals surface area contributed by atoms with Crippen molar-refractivity contribution < 1.29 is 18.0 Å². The number of likely N-dealkylation sites (N-methyl/N-ethyl adjacent to an activating group) is 1. The van der Waals surface area contributed by atoms with Gasteiger partial charge in [0.05, 0.1) is 0 Å². The van der Waals surface area contributed by atoms with Crippen LogP contribution in [0, 0.1) is 0 Å². The molecule has 0 bridgehead atoms. The smallest absolute Gasteiger partial charge is 0.329 e. The van der Waals surface area contributed by atoms with Gasteiger partial charge in [-0.3, -0.25) is 0 Å². The number of urea groups is 1. The Morgan fingerprint density at radius 1 is 1.35 bits per heavy atom. The molecule has 1 fully saturated rings. The standard InChI is InChI=1S/C10H18F3N3O/c1-15(6-7-16-4-2-3-5-16)9(17)14-8-10(11,12)13/h2-8H2,1H3,(H,14,17). The molecule has 1 saturated heterocycles. The van der Waals surface area contributed by atoms with Gasteiger partial charge in [-0.15, -0.1) is 0 Å². The average molecular weight is 253 g/mol. The van der Waals surface area contributed by atoms with Gasteiger partial charge in [0.25, 0.3) is 0 Å². The van der Waals surface area contributed by atoms with Gasteiger partial charge >= 0.3 is 12.2 Å². The van der Waals surface area contributed by atoms with E-state index in [9.17, 15) is 18.0 Å². The SMILES string of the molecule is CN(CCN1CCCC1)C(=O)NCC(F)(F)F. The van der Waals surface area contributed by atoms with Crippen molar-refractivity contribution in [1.29, 1.82) is 0 Å². The van der Waals surface area contributed by atoms with Crippen LogP contribution in [0.15, 0.2) is 0 Å². The van der Waals surface area contributed by atoms with E-state index in [4.69, 9.17) is 0 Å². The molecule has 1 rings (SSSR count). The summed E-state index contributed by atoms with van der Waals surface area (Å²) in [7, 11) is 1.50. The Morgan fingerprint density at radius 2 is 1.94 bits per heavy atom. The summed E-state index contributed by atoms with van der Waals surface area (Å²) in [5.74, 6) is 0. The van der Waals surface area contributed by atoms with Gasteiger partial charge in [-0.2, -0.15) is 13.2 Å². The molecule has 1 N–H and O–H groups in total. The van der Waals surface area contributed by atoms with E-state index in [0.29, 0.717) is 6.54 Å². The molecule has 0 spiro atoms. The van der Waals surface area contributed by atoms with Crippen LogP contribution < -0.4 is 5.32 Å². The number of carbonyl (C=O) groups excluding carboxylic acids is 1. The number of hydrogen-bond donors (Lipinski definition) is 1. The second kappa shape index (κ2) is 6.09. The molecule has 0 radical (unpaired) electrons. The lowest BCUT2D eigenvalue weighted by molar-refractivity contribution is -0.123. The van der Waals surface area contributed by atoms with Crippen LogP contribution in [0.5, 0.6) is 0 Å². The zero-order valence-electron chi connectivity index (χ0n) is 9.89. The maximum absolute atomic E-state index is 11.9. The van der Waals surface area contributed by atoms with Crippen LogP contribution in [0.2, 0.25) is 0 Å². The zero-order valence-corrected chi connectivity index (χ0v) is 9.89. The fourth-order valence-electron chi connectivity index (χ4n) is 1.71. The minimum absolute atomic E-state index is 0.448. The van der Waals surface area contributed by atoms with Crippen molar-refractivity contribution in [2.75, 3.05) is 39.8 Å². The summed E-state index contributed by atoms with van der Waals surface area (Å²) >= 11 is 0. The first-order valence-corrected chi connectivity index (χ1v) is 5.66. The zero-order chi connectivity index (χ0) is 12.9. The summed E-state index contributed by atoms with van der Waals surface area (Å²) < 4.78 is 35.6. The van der Waals surface area contributed by atoms with Crippen LogP contribution in [0.25, 0.3) is 0 Å². The first kappa shape index (κ1) is 14.1. The molecule has 0 aromatic rings. The number of carbonyl (C=O) groups is 1. The molecule has 17 heavy (non-hydrogen) atoms. The molecule has 0 atom stereocenters. The van der Waals surface area contributed by atoms with Crippen molar-refractivity contribution in [3.8, 4) is 0 Å². The fourth-order valence-corrected chi connectivity index (χ4v) is 1.71. The number of likely N-dealkylation sites (tertiary alicyclic amines) is 1. The van der Waals surface area contributed by atoms with Crippen LogP contribution in [-0.2, 0) is 0 Å². The van der Waals surface area contributed by atoms with Gasteiger partial charge in [-0.1, -0.05) is 0 Å². The second-order valence-corrected chi connectivity index (χ2v) is 4.24. The van der Waals surface area contributed by atoms with E-state index in [1.807, 2.05) is 5.32 Å². The molecule has 100 valence electrons. The Balaban J connectivity index is 2.17. The van der Waals surface area contributed by atoms with Gasteiger partial charge in [0, 0.05) is 20.1 Å². The summed E-state index contributed by atoms with van der Waals surface area (Å²) in [4.78, 5) is 14.8. The van der Waals surface area contributed by atoms with Crippen molar-refractivity contribution >= 4 is 6.03 Å². The van der Waals surface area contributed by atoms with Crippen LogP contribution >= 0.6 is 0 Å². The molecule has 0 unspecified atom stereocenters. The molecule has 7 heteroatoms. The van der Waals surface area contributed by atoms with Crippen molar-refractivity contribution in [3.63, 3.8) is 0 Å². The number of nitrogens with one attached hydrogen (secondary N) is 1. The summed E-state index contributed by atoms with van der Waals surface area (Å²) in [6.45, 7) is 1.91. The van der Waals surface area contributed by atoms with Gasteiger partial charge in [0.2, 0.25) is 0 Å². The number of halogens is 3. The van der Waals surface area contributed by atoms with E-state index in [1.165, 1.54) is 11.9 Å². The normalized spacial score (nSPS) is 17.2. The molecule has 0 aromatic carbocycles. The molecule has 1 heterocycles. The third-order valence-corrected chi connectivity index (χ3v) is 2.74. The minimum atomic E-state index is -4.36. The predicted octanol–water partition coefficient (Wildman–Crippen LogP) is 1.29. The van der Waals surface area contributed by atoms with Gasteiger partial charge in [-0.25, -0.2) is 4.79 Å². The van der Waals surface area contributed by atoms with Crippen LogP contribution in [0.4, 0.5) is 18.0 Å². The summed E-state index contributed by atoms with van der Waals surface area (Å²) in [5.41, 5.74) is 0. The van der Waals surface area contributed by atoms with E-state index >= 15 is 0 Å². The van der Waals surface area contributed by atoms with E-state index in [2.05, 4.69) is 4.90 Å². The fraction of sp³-hybridized carbons (Fsp3) is 0.900. The highest BCUT2D eigenvalue weighted by atomic mass is 19.4. The van der Waals surface area contributed by atoms with Crippen LogP contribution in [-0.4, -0.2) is 61.8 Å². The topological polar surface area (TPSA) is 35.6 Å². The molecule has 4 nitrogen and oxygen atoms in total. The lowest BCUT2D eigenvalue weighted by atomic mass is 10.4. The second-order valence-electron chi connectivity index (χ2n) is 4.24. The number of rotatable bonds is 4. The summed E-state index contributed by atoms with van der Waals surface area (Å²) in [6, 6.07) is -0.679. The number of hydrogen-bond acceptors (Lipinski definition) is 2. The Labute approximate surface area is 98.7 Å². The maximum Gasteiger partial charge on any atom is 0.405 e. The van der Waals surface area contributed by atoms with Crippen molar-refractivity contribution in [2.24, 2.45) is 0 Å². The van der Waals surface area contributed by atoms with Crippen molar-refractivity contribution in [3.05, 3.63) is 0 Å². The monoisotopic (exact) mass is 253 g/mol. The maximum atomic E-state index is 11.9. The Bertz CT molecular complexity index is 252. The van der Waals surface area contributed by atoms with Crippen LogP contribution in [0.3, 0.4) is 0 Å². The first-order chi connectivity index (χ1) is 7.88. The van der Waals surface area contributed by atoms with E-state index in [1.54, 1.807) is 0 Å². The lowest BCUT2D eigenvalue weighted by Gasteiger charge is -2.22. The largest absolute Gasteiger partial charge is 0.405 e. The average Bonchev–Trinajstić information content (AvgIpc) is 2.74. The molecule has 1 aliphatic heterocycles. The molecular weight excluding hydrogens is 235 g/mol. The van der Waals surface area contributed by atoms with E-state index < -0.39 is 18.8 Å². The van der Waals surface area contributed by atoms with Gasteiger partial charge in [-0.05, 0) is 25.9 Å². The summed E-state index contributed by atoms with van der Waals surface area (Å²) in [6.07, 6.45) is -2.04. The first-order valence-electron chi connectivity index (χ1n) is 5.66. The highest BCUT2D eigenvalue weighted by molar-refractivity contribution is 5.73. The molecule has 1 aliphatic rings. The lowest BCUT2D eigenvalue weighted by Crippen LogP contribution is -2.44. The van der Waals surface area contributed by atoms with E-state index in [0.717, 1.165) is 32.5 Å². The third-order valence-electron chi connectivity index (χ3n) is 2.74. The van der Waals surface area contributed by atoms with Crippen molar-refractivity contribution in [1.82, 2.24) is 15.1 Å². The van der Waals surface area contributed by atoms with Gasteiger partial charge in [0.1, 0.15) is 6.54 Å². The molecule has 2 amide bonds. The van der Waals surface area contributed by atoms with E-state index in [-0.39, 0.29) is 0 Å². The molecule has 0 aliphatic carbocycles. The molecule has 0 aromatic heterocycles. The summed E-state index contributed by atoms with van der Waals surface area (Å²) in [5, 5.41) is 1.84. The van der Waals surface area contributed by atoms with Gasteiger partial charge in [0.15, 0.2) is 0 Å². The Morgan fingerprint density at radius 3 is 2.47 bits per heavy atom. The minimum Gasteiger partial charge on any atom is -0.329 e. The highest BCUT2D eigenvalue weighted by Gasteiger charge is 2.28. The molecule has 0 saturated carbocycles. The number of amides is 2. The Hall–Kier alpha value is -0.980. The quantitative estimate of drug-likeness (QED) is 0.819. The number of nitrogens with zero attached hydrogens (tertiary/aromatic N) is 2. The van der Waals surface area contributed by atoms with Crippen molar-refractivity contribution in [2.45, 2.75) is 19.0 Å². The van der Waals surface area contributed by atoms with Gasteiger partial charge < -0.3 is 15.1 Å². The highest BCUT2D eigenvalue weighted by Crippen LogP contribution is 2.12.